The van der Waals surface area contributed by atoms with Gasteiger partial charge in [0.2, 0.25) is 23.5 Å². The first-order valence-corrected chi connectivity index (χ1v) is 10.5. The number of rotatable bonds is 4. The van der Waals surface area contributed by atoms with Gasteiger partial charge in [0.15, 0.2) is 5.58 Å². The maximum absolute atomic E-state index is 12.5. The minimum Gasteiger partial charge on any atom is -0.408 e. The number of aromatic nitrogens is 5. The van der Waals surface area contributed by atoms with E-state index in [9.17, 15) is 14.4 Å². The highest BCUT2D eigenvalue weighted by Crippen LogP contribution is 2.27. The Hall–Kier alpha value is -4.67. The molecular weight excluding hydrogens is 440 g/mol. The third-order valence-electron chi connectivity index (χ3n) is 5.83. The van der Waals surface area contributed by atoms with Crippen LogP contribution >= 0.6 is 0 Å². The fourth-order valence-corrected chi connectivity index (χ4v) is 4.21. The molecule has 5 heterocycles. The summed E-state index contributed by atoms with van der Waals surface area (Å²) >= 11 is 0. The summed E-state index contributed by atoms with van der Waals surface area (Å²) in [4.78, 5) is 49.2. The number of hydrogen-bond donors (Lipinski definition) is 1. The number of benzene rings is 1. The molecule has 1 aliphatic rings. The number of nitrogens with one attached hydrogen (secondary N) is 1. The first-order chi connectivity index (χ1) is 16.6. The van der Waals surface area contributed by atoms with Gasteiger partial charge < -0.3 is 8.94 Å². The van der Waals surface area contributed by atoms with Crippen LogP contribution in [-0.2, 0) is 16.0 Å². The van der Waals surface area contributed by atoms with E-state index in [0.717, 1.165) is 16.3 Å². The molecule has 11 heteroatoms. The van der Waals surface area contributed by atoms with Gasteiger partial charge in [-0.15, -0.1) is 0 Å². The van der Waals surface area contributed by atoms with Crippen LogP contribution in [0.3, 0.4) is 0 Å². The third kappa shape index (κ3) is 3.34. The molecule has 11 nitrogen and oxygen atoms in total. The van der Waals surface area contributed by atoms with Crippen molar-refractivity contribution >= 4 is 33.7 Å². The molecule has 0 saturated carbocycles. The molecule has 1 N–H and O–H groups in total. The van der Waals surface area contributed by atoms with Crippen LogP contribution in [0, 0.1) is 0 Å². The van der Waals surface area contributed by atoms with Gasteiger partial charge in [0.25, 0.3) is 0 Å². The zero-order valence-corrected chi connectivity index (χ0v) is 17.6. The van der Waals surface area contributed by atoms with Crippen molar-refractivity contribution in [3.63, 3.8) is 0 Å². The van der Waals surface area contributed by atoms with E-state index in [-0.39, 0.29) is 18.7 Å². The summed E-state index contributed by atoms with van der Waals surface area (Å²) < 4.78 is 12.1. The number of piperidine rings is 1. The van der Waals surface area contributed by atoms with Gasteiger partial charge in [-0.3, -0.25) is 29.4 Å². The number of nitrogens with zero attached hydrogens (tertiary/aromatic N) is 5. The Kier molecular flexibility index (Phi) is 4.54. The normalized spacial score (nSPS) is 16.3. The van der Waals surface area contributed by atoms with E-state index in [0.29, 0.717) is 34.8 Å². The van der Waals surface area contributed by atoms with Gasteiger partial charge in [0, 0.05) is 42.0 Å². The second-order valence-corrected chi connectivity index (χ2v) is 7.98. The van der Waals surface area contributed by atoms with E-state index in [1.165, 1.54) is 4.57 Å². The molecule has 168 valence electrons. The summed E-state index contributed by atoms with van der Waals surface area (Å²) in [5, 5.41) is 8.14. The summed E-state index contributed by atoms with van der Waals surface area (Å²) in [6, 6.07) is 6.23. The molecule has 1 saturated heterocycles. The van der Waals surface area contributed by atoms with Crippen LogP contribution in [0.15, 0.2) is 62.8 Å². The molecule has 1 atom stereocenters. The number of imide groups is 1. The van der Waals surface area contributed by atoms with E-state index in [2.05, 4.69) is 25.4 Å². The summed E-state index contributed by atoms with van der Waals surface area (Å²) in [7, 11) is 0. The Balaban J connectivity index is 1.33. The van der Waals surface area contributed by atoms with Crippen molar-refractivity contribution in [2.75, 3.05) is 0 Å². The fourth-order valence-electron chi connectivity index (χ4n) is 4.21. The molecule has 1 aliphatic heterocycles. The Labute approximate surface area is 190 Å². The number of oxazole rings is 1. The Morgan fingerprint density at radius 1 is 1.09 bits per heavy atom. The molecule has 6 rings (SSSR count). The highest BCUT2D eigenvalue weighted by atomic mass is 16.5. The topological polar surface area (TPSA) is 146 Å². The summed E-state index contributed by atoms with van der Waals surface area (Å²) in [5.41, 5.74) is 2.29. The second kappa shape index (κ2) is 7.73. The molecule has 2 amide bonds. The maximum atomic E-state index is 12.5. The summed E-state index contributed by atoms with van der Waals surface area (Å²) in [5.74, 6) is -0.767. The molecule has 1 unspecified atom stereocenters. The predicted molar refractivity (Wildman–Crippen MR) is 118 cm³/mol. The molecule has 0 bridgehead atoms. The first kappa shape index (κ1) is 20.0. The van der Waals surface area contributed by atoms with Crippen LogP contribution in [0.1, 0.15) is 30.3 Å². The van der Waals surface area contributed by atoms with Gasteiger partial charge in [0.1, 0.15) is 6.04 Å². The summed E-state index contributed by atoms with van der Waals surface area (Å²) in [6.45, 7) is 0. The van der Waals surface area contributed by atoms with Gasteiger partial charge in [-0.2, -0.15) is 4.98 Å². The molecule has 34 heavy (non-hydrogen) atoms. The number of hydrogen-bond acceptors (Lipinski definition) is 9. The lowest BCUT2D eigenvalue weighted by Gasteiger charge is -2.21. The van der Waals surface area contributed by atoms with Crippen LogP contribution in [0.4, 0.5) is 0 Å². The van der Waals surface area contributed by atoms with Crippen molar-refractivity contribution in [1.82, 2.24) is 30.0 Å². The van der Waals surface area contributed by atoms with Crippen LogP contribution in [0.5, 0.6) is 0 Å². The average molecular weight is 456 g/mol. The van der Waals surface area contributed by atoms with Crippen molar-refractivity contribution in [2.45, 2.75) is 25.3 Å². The molecule has 0 radical (unpaired) electrons. The number of amides is 2. The molecule has 5 aromatic rings. The smallest absolute Gasteiger partial charge is 0.408 e. The highest BCUT2D eigenvalue weighted by molar-refractivity contribution is 6.00. The minimum absolute atomic E-state index is 0.151. The van der Waals surface area contributed by atoms with Gasteiger partial charge in [-0.1, -0.05) is 11.2 Å². The van der Waals surface area contributed by atoms with Crippen molar-refractivity contribution < 1.29 is 18.5 Å². The van der Waals surface area contributed by atoms with Gasteiger partial charge in [-0.05, 0) is 30.2 Å². The maximum Gasteiger partial charge on any atom is 0.420 e. The highest BCUT2D eigenvalue weighted by Gasteiger charge is 2.31. The lowest BCUT2D eigenvalue weighted by molar-refractivity contribution is -0.135. The quantitative estimate of drug-likeness (QED) is 0.402. The van der Waals surface area contributed by atoms with Crippen molar-refractivity contribution in [3.8, 4) is 11.4 Å². The molecule has 1 aromatic carbocycles. The van der Waals surface area contributed by atoms with Crippen molar-refractivity contribution in [3.05, 3.63) is 71.1 Å². The van der Waals surface area contributed by atoms with Crippen molar-refractivity contribution in [2.24, 2.45) is 0 Å². The van der Waals surface area contributed by atoms with Crippen molar-refractivity contribution in [1.29, 1.82) is 0 Å². The van der Waals surface area contributed by atoms with Crippen LogP contribution in [0.2, 0.25) is 0 Å². The van der Waals surface area contributed by atoms with Gasteiger partial charge >= 0.3 is 5.76 Å². The monoisotopic (exact) mass is 456 g/mol. The van der Waals surface area contributed by atoms with E-state index < -0.39 is 17.7 Å². The average Bonchev–Trinajstić information content (AvgIpc) is 3.42. The Morgan fingerprint density at radius 2 is 2.00 bits per heavy atom. The molecule has 4 aromatic heterocycles. The van der Waals surface area contributed by atoms with E-state index in [1.807, 2.05) is 6.07 Å². The molecule has 0 spiro atoms. The molecule has 0 aliphatic carbocycles. The number of carbonyl (C=O) groups excluding carboxylic acids is 2. The second-order valence-electron chi connectivity index (χ2n) is 7.98. The predicted octanol–water partition coefficient (Wildman–Crippen LogP) is 2.16. The largest absolute Gasteiger partial charge is 0.420 e. The third-order valence-corrected chi connectivity index (χ3v) is 5.83. The minimum atomic E-state index is -0.816. The fraction of sp³-hybridized carbons (Fsp3) is 0.174. The van der Waals surface area contributed by atoms with Gasteiger partial charge in [0.05, 0.1) is 17.5 Å². The van der Waals surface area contributed by atoms with E-state index >= 15 is 0 Å². The Morgan fingerprint density at radius 3 is 2.88 bits per heavy atom. The SMILES string of the molecule is O=C1CCC(n2c(=O)oc3ccc(Cc4nc(-c5cncc6ccncc56)no4)cc32)C(=O)N1. The lowest BCUT2D eigenvalue weighted by atomic mass is 10.1. The number of fused-ring (bicyclic) bond motifs is 2. The Bertz CT molecular complexity index is 1640. The molecular formula is C23H16N6O5. The van der Waals surface area contributed by atoms with Crippen LogP contribution in [0.25, 0.3) is 33.3 Å². The van der Waals surface area contributed by atoms with Gasteiger partial charge in [-0.25, -0.2) is 4.79 Å². The van der Waals surface area contributed by atoms with Crippen LogP contribution < -0.4 is 11.1 Å². The first-order valence-electron chi connectivity index (χ1n) is 10.5. The van der Waals surface area contributed by atoms with Crippen LogP contribution in [-0.4, -0.2) is 36.5 Å². The zero-order chi connectivity index (χ0) is 23.2. The number of carbonyl (C=O) groups is 2. The van der Waals surface area contributed by atoms with E-state index in [4.69, 9.17) is 8.94 Å². The number of pyridine rings is 2. The zero-order valence-electron chi connectivity index (χ0n) is 17.6. The lowest BCUT2D eigenvalue weighted by Crippen LogP contribution is -2.43. The summed E-state index contributed by atoms with van der Waals surface area (Å²) in [6.07, 6.45) is 7.49. The standard InChI is InChI=1S/C23H16N6O5/c30-19-4-2-16(22(31)26-19)29-17-7-12(1-3-18(17)33-23(29)32)8-20-27-21(28-34-20)15-11-25-9-13-5-6-24-10-14(13)15/h1,3,5-7,9-11,16H,2,4,8H2,(H,26,30,31). The van der Waals surface area contributed by atoms with E-state index in [1.54, 1.807) is 43.0 Å². The molecule has 1 fully saturated rings.